The summed E-state index contributed by atoms with van der Waals surface area (Å²) in [5.41, 5.74) is 8.38. The van der Waals surface area contributed by atoms with Gasteiger partial charge in [-0.1, -0.05) is 12.8 Å². The van der Waals surface area contributed by atoms with Gasteiger partial charge in [0, 0.05) is 36.8 Å². The van der Waals surface area contributed by atoms with Crippen molar-refractivity contribution in [3.05, 3.63) is 41.2 Å². The minimum absolute atomic E-state index is 0.0428. The molecule has 1 aliphatic heterocycles. The molecule has 1 aliphatic rings. The van der Waals surface area contributed by atoms with Gasteiger partial charge in [0.2, 0.25) is 5.91 Å². The minimum atomic E-state index is -0.468. The summed E-state index contributed by atoms with van der Waals surface area (Å²) in [6.07, 6.45) is 6.69. The highest BCUT2D eigenvalue weighted by Crippen LogP contribution is 2.40. The number of anilines is 1. The van der Waals surface area contributed by atoms with Crippen molar-refractivity contribution in [3.8, 4) is 12.3 Å². The van der Waals surface area contributed by atoms with E-state index in [1.54, 1.807) is 29.3 Å². The molecule has 2 rings (SSSR count). The van der Waals surface area contributed by atoms with Crippen molar-refractivity contribution >= 4 is 17.6 Å². The second-order valence-electron chi connectivity index (χ2n) is 8.50. The number of terminal acetylenes is 1. The highest BCUT2D eigenvalue weighted by atomic mass is 16.6. The molecule has 204 valence electrons. The Morgan fingerprint density at radius 1 is 1.14 bits per heavy atom. The van der Waals surface area contributed by atoms with Gasteiger partial charge >= 0.3 is 5.97 Å². The largest absolute Gasteiger partial charge is 0.465 e. The number of rotatable bonds is 15. The molecule has 1 aromatic carbocycles. The van der Waals surface area contributed by atoms with Gasteiger partial charge in [0.15, 0.2) is 0 Å². The van der Waals surface area contributed by atoms with Crippen LogP contribution in [0.25, 0.3) is 0 Å². The van der Waals surface area contributed by atoms with Crippen LogP contribution >= 0.6 is 0 Å². The number of nitrogens with two attached hydrogens (primary N) is 2. The fraction of sp³-hybridized carbons (Fsp3) is 0.538. The van der Waals surface area contributed by atoms with Gasteiger partial charge in [-0.25, -0.2) is 10.6 Å². The van der Waals surface area contributed by atoms with Gasteiger partial charge in [0.05, 0.1) is 70.7 Å². The third kappa shape index (κ3) is 9.35. The molecular formula is C26H38N4O7. The molecule has 2 atom stereocenters. The smallest absolute Gasteiger partial charge is 0.337 e. The summed E-state index contributed by atoms with van der Waals surface area (Å²) < 4.78 is 26.3. The van der Waals surface area contributed by atoms with Crippen LogP contribution in [0.1, 0.15) is 35.8 Å². The highest BCUT2D eigenvalue weighted by molar-refractivity contribution is 5.95. The fourth-order valence-electron chi connectivity index (χ4n) is 4.02. The molecule has 1 unspecified atom stereocenters. The average molecular weight is 519 g/mol. The van der Waals surface area contributed by atoms with E-state index in [0.29, 0.717) is 63.1 Å². The Kier molecular flexibility index (Phi) is 12.9. The van der Waals surface area contributed by atoms with E-state index < -0.39 is 5.97 Å². The summed E-state index contributed by atoms with van der Waals surface area (Å²) in [6.45, 7) is 6.94. The first-order valence-electron chi connectivity index (χ1n) is 12.0. The van der Waals surface area contributed by atoms with Gasteiger partial charge in [-0.15, -0.1) is 6.42 Å². The van der Waals surface area contributed by atoms with Crippen LogP contribution in [-0.4, -0.2) is 83.4 Å². The van der Waals surface area contributed by atoms with Crippen molar-refractivity contribution in [1.82, 2.24) is 5.01 Å². The third-order valence-electron chi connectivity index (χ3n) is 5.65. The molecule has 0 aliphatic carbocycles. The van der Waals surface area contributed by atoms with E-state index in [4.69, 9.17) is 41.7 Å². The molecule has 0 aromatic heterocycles. The van der Waals surface area contributed by atoms with Gasteiger partial charge in [-0.3, -0.25) is 4.79 Å². The number of hydrazine groups is 1. The van der Waals surface area contributed by atoms with E-state index in [9.17, 15) is 9.59 Å². The van der Waals surface area contributed by atoms with Gasteiger partial charge < -0.3 is 39.3 Å². The van der Waals surface area contributed by atoms with E-state index in [2.05, 4.69) is 5.92 Å². The van der Waals surface area contributed by atoms with Crippen LogP contribution < -0.4 is 16.5 Å². The minimum Gasteiger partial charge on any atom is -0.465 e. The Labute approximate surface area is 218 Å². The Bertz CT molecular complexity index is 963. The van der Waals surface area contributed by atoms with E-state index in [-0.39, 0.29) is 31.1 Å². The maximum absolute atomic E-state index is 12.2. The van der Waals surface area contributed by atoms with Gasteiger partial charge in [0.25, 0.3) is 0 Å². The lowest BCUT2D eigenvalue weighted by molar-refractivity contribution is -0.116. The zero-order chi connectivity index (χ0) is 27.2. The molecule has 0 saturated heterocycles. The van der Waals surface area contributed by atoms with Crippen LogP contribution in [0, 0.1) is 18.3 Å². The van der Waals surface area contributed by atoms with Crippen molar-refractivity contribution < 1.29 is 33.3 Å². The van der Waals surface area contributed by atoms with Gasteiger partial charge in [0.1, 0.15) is 6.61 Å². The van der Waals surface area contributed by atoms with Crippen LogP contribution in [0.5, 0.6) is 0 Å². The van der Waals surface area contributed by atoms with Crippen molar-refractivity contribution in [1.29, 1.82) is 0 Å². The number of benzene rings is 1. The number of methoxy groups -OCH3 is 1. The number of amides is 1. The molecule has 37 heavy (non-hydrogen) atoms. The molecule has 1 heterocycles. The quantitative estimate of drug-likeness (QED) is 0.114. The van der Waals surface area contributed by atoms with Gasteiger partial charge in [-0.05, 0) is 18.2 Å². The molecular weight excluding hydrogens is 480 g/mol. The second-order valence-corrected chi connectivity index (χ2v) is 8.50. The summed E-state index contributed by atoms with van der Waals surface area (Å²) in [5.74, 6) is 8.20. The van der Waals surface area contributed by atoms with E-state index in [1.807, 2.05) is 6.92 Å². The summed E-state index contributed by atoms with van der Waals surface area (Å²) in [6, 6.07) is 4.76. The van der Waals surface area contributed by atoms with Crippen LogP contribution in [0.15, 0.2) is 30.1 Å². The number of carbonyl (C=O) groups is 2. The molecule has 4 N–H and O–H groups in total. The molecule has 1 aromatic rings. The number of hydrogen-bond donors (Lipinski definition) is 2. The summed E-state index contributed by atoms with van der Waals surface area (Å²) in [5, 5.41) is 1.50. The lowest BCUT2D eigenvalue weighted by Gasteiger charge is -2.42. The number of ether oxygens (including phenoxy) is 5. The van der Waals surface area contributed by atoms with Crippen LogP contribution in [0.4, 0.5) is 5.69 Å². The SMILES string of the molecule is C#CCOCCOCCOCCOC/C(N)=C/N(N)C1c2cc(C(=O)OC)ccc2N(C(C)=O)C[C@H]1C. The molecule has 11 heteroatoms. The van der Waals surface area contributed by atoms with E-state index in [1.165, 1.54) is 19.0 Å². The predicted molar refractivity (Wildman–Crippen MR) is 138 cm³/mol. The number of esters is 1. The van der Waals surface area contributed by atoms with Crippen molar-refractivity contribution in [2.75, 3.05) is 71.4 Å². The predicted octanol–water partition coefficient (Wildman–Crippen LogP) is 1.19. The molecule has 0 saturated carbocycles. The normalized spacial score (nSPS) is 17.2. The zero-order valence-corrected chi connectivity index (χ0v) is 21.8. The number of carbonyl (C=O) groups excluding carboxylic acids is 2. The standard InChI is InChI=1S/C26H38N4O7/c1-5-8-34-9-10-35-11-12-36-13-14-37-18-22(27)17-30(28)25-19(2)16-29(20(3)31)24-7-6-21(15-23(24)25)26(32)33-4/h1,6-7,15,17,19,25H,8-14,16,18,27-28H2,2-4H3/b22-17-/t19-,25?/m1/s1. The molecule has 0 fully saturated rings. The second kappa shape index (κ2) is 15.9. The Hall–Kier alpha value is -3.14. The lowest BCUT2D eigenvalue weighted by atomic mass is 9.86. The lowest BCUT2D eigenvalue weighted by Crippen LogP contribution is -2.46. The number of nitrogens with zero attached hydrogens (tertiary/aromatic N) is 2. The Balaban J connectivity index is 1.88. The monoisotopic (exact) mass is 518 g/mol. The van der Waals surface area contributed by atoms with Crippen LogP contribution in [0.2, 0.25) is 0 Å². The first-order valence-corrected chi connectivity index (χ1v) is 12.0. The zero-order valence-electron chi connectivity index (χ0n) is 21.8. The summed E-state index contributed by atoms with van der Waals surface area (Å²) >= 11 is 0. The maximum Gasteiger partial charge on any atom is 0.337 e. The van der Waals surface area contributed by atoms with E-state index in [0.717, 1.165) is 5.56 Å². The van der Waals surface area contributed by atoms with Crippen LogP contribution in [0.3, 0.4) is 0 Å². The van der Waals surface area contributed by atoms with Crippen LogP contribution in [-0.2, 0) is 28.5 Å². The number of hydrogen-bond acceptors (Lipinski definition) is 10. The highest BCUT2D eigenvalue weighted by Gasteiger charge is 2.35. The first-order chi connectivity index (χ1) is 17.8. The maximum atomic E-state index is 12.2. The molecule has 1 amide bonds. The first kappa shape index (κ1) is 30.1. The molecule has 0 spiro atoms. The van der Waals surface area contributed by atoms with Gasteiger partial charge in [-0.2, -0.15) is 0 Å². The van der Waals surface area contributed by atoms with Crippen molar-refractivity contribution in [3.63, 3.8) is 0 Å². The number of fused-ring (bicyclic) bond motifs is 1. The Morgan fingerprint density at radius 2 is 1.76 bits per heavy atom. The average Bonchev–Trinajstić information content (AvgIpc) is 2.87. The molecule has 0 radical (unpaired) electrons. The fourth-order valence-corrected chi connectivity index (χ4v) is 4.02. The topological polar surface area (TPSA) is 139 Å². The summed E-state index contributed by atoms with van der Waals surface area (Å²) in [7, 11) is 1.32. The Morgan fingerprint density at radius 3 is 2.35 bits per heavy atom. The molecule has 11 nitrogen and oxygen atoms in total. The van der Waals surface area contributed by atoms with Crippen molar-refractivity contribution in [2.24, 2.45) is 17.5 Å². The summed E-state index contributed by atoms with van der Waals surface area (Å²) in [4.78, 5) is 26.0. The third-order valence-corrected chi connectivity index (χ3v) is 5.65. The molecule has 0 bridgehead atoms. The van der Waals surface area contributed by atoms with Crippen molar-refractivity contribution in [2.45, 2.75) is 19.9 Å². The van der Waals surface area contributed by atoms with E-state index >= 15 is 0 Å².